The molecular formula is C53H43N. The van der Waals surface area contributed by atoms with Crippen LogP contribution in [0.5, 0.6) is 0 Å². The van der Waals surface area contributed by atoms with Gasteiger partial charge >= 0.3 is 0 Å². The average molecular weight is 694 g/mol. The van der Waals surface area contributed by atoms with Crippen molar-refractivity contribution in [2.24, 2.45) is 0 Å². The van der Waals surface area contributed by atoms with Crippen LogP contribution in [0.3, 0.4) is 0 Å². The van der Waals surface area contributed by atoms with Crippen molar-refractivity contribution in [3.8, 4) is 33.4 Å². The minimum absolute atomic E-state index is 0.145. The Bertz CT molecular complexity index is 2520. The van der Waals surface area contributed by atoms with Gasteiger partial charge in [0.05, 0.1) is 0 Å². The van der Waals surface area contributed by atoms with E-state index in [1.165, 1.54) is 66.8 Å². The molecule has 260 valence electrons. The summed E-state index contributed by atoms with van der Waals surface area (Å²) in [6, 6.07) is 73.4. The minimum atomic E-state index is -0.145. The summed E-state index contributed by atoms with van der Waals surface area (Å²) in [6.45, 7) is 4.79. The zero-order chi connectivity index (χ0) is 36.5. The maximum atomic E-state index is 2.45. The maximum Gasteiger partial charge on any atom is 0.0462 e. The average Bonchev–Trinajstić information content (AvgIpc) is 3.23. The molecule has 1 nitrogen and oxygen atoms in total. The molecule has 0 unspecified atom stereocenters. The van der Waals surface area contributed by atoms with Gasteiger partial charge in [0.2, 0.25) is 0 Å². The molecule has 0 N–H and O–H groups in total. The molecule has 1 aliphatic carbocycles. The molecule has 1 heteroatoms. The number of hydrogen-bond acceptors (Lipinski definition) is 1. The van der Waals surface area contributed by atoms with E-state index in [0.29, 0.717) is 0 Å². The van der Waals surface area contributed by atoms with Gasteiger partial charge in [-0.25, -0.2) is 0 Å². The summed E-state index contributed by atoms with van der Waals surface area (Å²) in [5.74, 6) is 0. The van der Waals surface area contributed by atoms with E-state index >= 15 is 0 Å². The van der Waals surface area contributed by atoms with Crippen molar-refractivity contribution < 1.29 is 0 Å². The van der Waals surface area contributed by atoms with E-state index in [4.69, 9.17) is 0 Å². The van der Waals surface area contributed by atoms with E-state index in [1.54, 1.807) is 0 Å². The number of nitrogens with zero attached hydrogens (tertiary/aromatic N) is 1. The van der Waals surface area contributed by atoms with Crippen molar-refractivity contribution in [2.45, 2.75) is 32.1 Å². The van der Waals surface area contributed by atoms with Gasteiger partial charge < -0.3 is 4.90 Å². The highest BCUT2D eigenvalue weighted by molar-refractivity contribution is 5.81. The summed E-state index contributed by atoms with van der Waals surface area (Å²) in [6.07, 6.45) is 1.76. The molecular weight excluding hydrogens is 651 g/mol. The Balaban J connectivity index is 1.11. The largest absolute Gasteiger partial charge is 0.311 e. The number of fused-ring (bicyclic) bond motifs is 5. The first-order valence-electron chi connectivity index (χ1n) is 19.0. The lowest BCUT2D eigenvalue weighted by atomic mass is 9.73. The van der Waals surface area contributed by atoms with Gasteiger partial charge in [-0.2, -0.15) is 0 Å². The summed E-state index contributed by atoms with van der Waals surface area (Å²) >= 11 is 0. The molecule has 0 spiro atoms. The van der Waals surface area contributed by atoms with Gasteiger partial charge in [0, 0.05) is 22.5 Å². The number of benzene rings is 8. The van der Waals surface area contributed by atoms with E-state index in [1.807, 2.05) is 0 Å². The first-order chi connectivity index (χ1) is 26.5. The topological polar surface area (TPSA) is 3.24 Å². The second kappa shape index (κ2) is 14.2. The number of para-hydroxylation sites is 2. The van der Waals surface area contributed by atoms with Crippen LogP contribution >= 0.6 is 0 Å². The molecule has 0 fully saturated rings. The van der Waals surface area contributed by atoms with E-state index in [9.17, 15) is 0 Å². The van der Waals surface area contributed by atoms with Crippen molar-refractivity contribution >= 4 is 17.1 Å². The van der Waals surface area contributed by atoms with Gasteiger partial charge in [0.15, 0.2) is 0 Å². The van der Waals surface area contributed by atoms with Gasteiger partial charge in [0.25, 0.3) is 0 Å². The fourth-order valence-electron chi connectivity index (χ4n) is 8.53. The fourth-order valence-corrected chi connectivity index (χ4v) is 8.53. The summed E-state index contributed by atoms with van der Waals surface area (Å²) in [5.41, 5.74) is 19.0. The molecule has 0 heterocycles. The molecule has 54 heavy (non-hydrogen) atoms. The molecule has 0 radical (unpaired) electrons. The van der Waals surface area contributed by atoms with Crippen LogP contribution in [0.2, 0.25) is 0 Å². The third-order valence-corrected chi connectivity index (χ3v) is 11.2. The monoisotopic (exact) mass is 693 g/mol. The smallest absolute Gasteiger partial charge is 0.0462 e. The van der Waals surface area contributed by atoms with E-state index in [0.717, 1.165) is 29.9 Å². The SMILES string of the molecule is CC1(C)c2ccccc2Cc2ccccc2-c2ccc(-c3cccc(-c4ccc(N(c5ccccc5)c5ccccc5)cc4)c3)cc2Cc2ccccc21. The highest BCUT2D eigenvalue weighted by Gasteiger charge is 2.29. The Labute approximate surface area is 319 Å². The van der Waals surface area contributed by atoms with Crippen molar-refractivity contribution in [1.29, 1.82) is 0 Å². The van der Waals surface area contributed by atoms with Crippen LogP contribution in [0.25, 0.3) is 33.4 Å². The highest BCUT2D eigenvalue weighted by atomic mass is 15.1. The molecule has 0 amide bonds. The van der Waals surface area contributed by atoms with Crippen molar-refractivity contribution in [1.82, 2.24) is 0 Å². The van der Waals surface area contributed by atoms with Crippen LogP contribution in [0.1, 0.15) is 47.2 Å². The van der Waals surface area contributed by atoms with Crippen LogP contribution in [0, 0.1) is 0 Å². The Morgan fingerprint density at radius 1 is 0.333 bits per heavy atom. The molecule has 9 rings (SSSR count). The third kappa shape index (κ3) is 6.33. The van der Waals surface area contributed by atoms with Crippen molar-refractivity contribution in [3.63, 3.8) is 0 Å². The van der Waals surface area contributed by atoms with Crippen LogP contribution in [-0.4, -0.2) is 0 Å². The zero-order valence-electron chi connectivity index (χ0n) is 30.9. The molecule has 0 atom stereocenters. The molecule has 8 aromatic rings. The van der Waals surface area contributed by atoms with Crippen molar-refractivity contribution in [2.75, 3.05) is 4.90 Å². The van der Waals surface area contributed by atoms with Gasteiger partial charge in [0.1, 0.15) is 0 Å². The quantitative estimate of drug-likeness (QED) is 0.173. The molecule has 0 saturated heterocycles. The van der Waals surface area contributed by atoms with E-state index in [2.05, 4.69) is 219 Å². The van der Waals surface area contributed by atoms with Gasteiger partial charge in [-0.15, -0.1) is 0 Å². The molecule has 8 aromatic carbocycles. The van der Waals surface area contributed by atoms with Crippen LogP contribution < -0.4 is 4.90 Å². The lowest BCUT2D eigenvalue weighted by Crippen LogP contribution is -2.23. The number of hydrogen-bond donors (Lipinski definition) is 0. The second-order valence-electron chi connectivity index (χ2n) is 15.0. The predicted octanol–water partition coefficient (Wildman–Crippen LogP) is 14.0. The first-order valence-corrected chi connectivity index (χ1v) is 19.0. The highest BCUT2D eigenvalue weighted by Crippen LogP contribution is 2.42. The maximum absolute atomic E-state index is 2.45. The molecule has 0 bridgehead atoms. The Hall–Kier alpha value is -6.44. The predicted molar refractivity (Wildman–Crippen MR) is 228 cm³/mol. The van der Waals surface area contributed by atoms with Crippen molar-refractivity contribution in [3.05, 3.63) is 234 Å². The first kappa shape index (κ1) is 33.4. The Morgan fingerprint density at radius 2 is 0.778 bits per heavy atom. The Kier molecular flexibility index (Phi) is 8.77. The lowest BCUT2D eigenvalue weighted by molar-refractivity contribution is 0.627. The van der Waals surface area contributed by atoms with Gasteiger partial charge in [-0.05, 0) is 122 Å². The van der Waals surface area contributed by atoms with E-state index in [-0.39, 0.29) is 5.41 Å². The van der Waals surface area contributed by atoms with E-state index < -0.39 is 0 Å². The Morgan fingerprint density at radius 3 is 1.41 bits per heavy atom. The van der Waals surface area contributed by atoms with Crippen LogP contribution in [0.4, 0.5) is 17.1 Å². The molecule has 0 aliphatic heterocycles. The van der Waals surface area contributed by atoms with Crippen LogP contribution in [-0.2, 0) is 18.3 Å². The summed E-state index contributed by atoms with van der Waals surface area (Å²) in [4.78, 5) is 2.31. The molecule has 0 aromatic heterocycles. The molecule has 0 saturated carbocycles. The number of rotatable bonds is 5. The van der Waals surface area contributed by atoms with Crippen LogP contribution in [0.15, 0.2) is 200 Å². The third-order valence-electron chi connectivity index (χ3n) is 11.2. The number of anilines is 3. The lowest BCUT2D eigenvalue weighted by Gasteiger charge is -2.31. The standard InChI is InChI=1S/C53H43N/c1-53(2)51-26-13-10-17-43(51)36-42-16-9-12-25-49(42)50-33-30-41(35-45(50)37-44-18-11-14-27-52(44)53)40-20-15-19-39(34-40)38-28-31-48(32-29-38)54(46-21-5-3-6-22-46)47-23-7-4-8-24-47/h3-35H,36-37H2,1-2H3. The normalized spacial score (nSPS) is 13.0. The minimum Gasteiger partial charge on any atom is -0.311 e. The van der Waals surface area contributed by atoms with Gasteiger partial charge in [-0.1, -0.05) is 172 Å². The summed E-state index contributed by atoms with van der Waals surface area (Å²) in [5, 5.41) is 0. The summed E-state index contributed by atoms with van der Waals surface area (Å²) in [7, 11) is 0. The summed E-state index contributed by atoms with van der Waals surface area (Å²) < 4.78 is 0. The van der Waals surface area contributed by atoms with Gasteiger partial charge in [-0.3, -0.25) is 0 Å². The fraction of sp³-hybridized carbons (Fsp3) is 0.0943. The zero-order valence-corrected chi connectivity index (χ0v) is 30.9. The second-order valence-corrected chi connectivity index (χ2v) is 15.0. The molecule has 1 aliphatic rings.